The molecule has 170 valence electrons. The lowest BCUT2D eigenvalue weighted by Crippen LogP contribution is -2.57. The number of aliphatic hydroxyl groups is 1. The van der Waals surface area contributed by atoms with Crippen LogP contribution in [0.3, 0.4) is 0 Å². The van der Waals surface area contributed by atoms with Crippen LogP contribution in [0.25, 0.3) is 0 Å². The third-order valence-electron chi connectivity index (χ3n) is 6.41. The number of unbranched alkanes of at least 4 members (excludes halogenated alkanes) is 3. The van der Waals surface area contributed by atoms with Gasteiger partial charge in [0.25, 0.3) is 0 Å². The number of thioether (sulfide) groups is 1. The highest BCUT2D eigenvalue weighted by molar-refractivity contribution is 8.02. The van der Waals surface area contributed by atoms with Gasteiger partial charge >= 0.3 is 5.97 Å². The van der Waals surface area contributed by atoms with E-state index in [1.807, 2.05) is 20.8 Å². The summed E-state index contributed by atoms with van der Waals surface area (Å²) in [6.07, 6.45) is 4.93. The van der Waals surface area contributed by atoms with E-state index in [9.17, 15) is 14.4 Å². The summed E-state index contributed by atoms with van der Waals surface area (Å²) in [5, 5.41) is 12.1. The Labute approximate surface area is 183 Å². The first-order valence-corrected chi connectivity index (χ1v) is 12.1. The zero-order valence-corrected chi connectivity index (χ0v) is 19.4. The van der Waals surface area contributed by atoms with Gasteiger partial charge < -0.3 is 20.1 Å². The third kappa shape index (κ3) is 4.22. The highest BCUT2D eigenvalue weighted by Gasteiger charge is 2.73. The number of fused-ring (bicyclic) bond motifs is 1. The maximum atomic E-state index is 13.6. The first-order valence-electron chi connectivity index (χ1n) is 11.2. The maximum Gasteiger partial charge on any atom is 0.310 e. The van der Waals surface area contributed by atoms with Crippen LogP contribution in [0.15, 0.2) is 0 Å². The van der Waals surface area contributed by atoms with Crippen molar-refractivity contribution in [2.45, 2.75) is 87.8 Å². The molecule has 0 aromatic rings. The second kappa shape index (κ2) is 9.07. The molecule has 3 fully saturated rings. The van der Waals surface area contributed by atoms with Gasteiger partial charge in [0.05, 0.1) is 23.2 Å². The second-order valence-corrected chi connectivity index (χ2v) is 11.3. The maximum absolute atomic E-state index is 13.6. The van der Waals surface area contributed by atoms with Crippen LogP contribution in [0.5, 0.6) is 0 Å². The molecule has 0 aromatic heterocycles. The van der Waals surface area contributed by atoms with E-state index in [1.165, 1.54) is 0 Å². The zero-order chi connectivity index (χ0) is 22.1. The van der Waals surface area contributed by atoms with Gasteiger partial charge in [-0.3, -0.25) is 14.4 Å². The molecule has 3 aliphatic rings. The summed E-state index contributed by atoms with van der Waals surface area (Å²) in [4.78, 5) is 41.5. The molecular formula is C22H36N2O5S. The Bertz CT molecular complexity index is 679. The van der Waals surface area contributed by atoms with Crippen molar-refractivity contribution >= 4 is 29.5 Å². The van der Waals surface area contributed by atoms with Crippen molar-refractivity contribution in [3.63, 3.8) is 0 Å². The van der Waals surface area contributed by atoms with Crippen molar-refractivity contribution in [3.05, 3.63) is 0 Å². The predicted molar refractivity (Wildman–Crippen MR) is 116 cm³/mol. The molecule has 5 atom stereocenters. The van der Waals surface area contributed by atoms with Crippen LogP contribution in [0.2, 0.25) is 0 Å². The molecule has 0 saturated carbocycles. The molecule has 7 nitrogen and oxygen atoms in total. The number of carbonyl (C=O) groups excluding carboxylic acids is 3. The van der Waals surface area contributed by atoms with Crippen LogP contribution in [-0.2, 0) is 19.1 Å². The number of amides is 2. The molecule has 1 spiro atoms. The minimum atomic E-state index is -0.554. The molecule has 0 aromatic carbocycles. The quantitative estimate of drug-likeness (QED) is 0.421. The Hall–Kier alpha value is -1.28. The van der Waals surface area contributed by atoms with E-state index in [4.69, 9.17) is 9.84 Å². The fourth-order valence-electron chi connectivity index (χ4n) is 5.39. The van der Waals surface area contributed by atoms with E-state index in [0.29, 0.717) is 13.2 Å². The number of ether oxygens (including phenoxy) is 1. The topological polar surface area (TPSA) is 95.9 Å². The lowest BCUT2D eigenvalue weighted by atomic mass is 9.71. The van der Waals surface area contributed by atoms with E-state index in [1.54, 1.807) is 23.6 Å². The van der Waals surface area contributed by atoms with Gasteiger partial charge in [-0.25, -0.2) is 0 Å². The second-order valence-electron chi connectivity index (χ2n) is 9.72. The zero-order valence-electron chi connectivity index (χ0n) is 18.6. The van der Waals surface area contributed by atoms with E-state index in [0.717, 1.165) is 38.5 Å². The molecule has 3 aliphatic heterocycles. The van der Waals surface area contributed by atoms with E-state index in [-0.39, 0.29) is 29.6 Å². The SMILES string of the molecule is CCOC(=O)[C@@H]1[C@@H]2CCC3(S2)C(C(=O)NC(C)(C)C)N(CCCCCCO)C(=O)[C@H]13. The molecule has 2 unspecified atom stereocenters. The summed E-state index contributed by atoms with van der Waals surface area (Å²) < 4.78 is 4.78. The number of likely N-dealkylation sites (tertiary alicyclic amines) is 1. The van der Waals surface area contributed by atoms with Crippen molar-refractivity contribution < 1.29 is 24.2 Å². The summed E-state index contributed by atoms with van der Waals surface area (Å²) in [5.41, 5.74) is -0.399. The van der Waals surface area contributed by atoms with Crippen LogP contribution >= 0.6 is 11.8 Å². The normalized spacial score (nSPS) is 32.4. The van der Waals surface area contributed by atoms with Crippen molar-refractivity contribution in [3.8, 4) is 0 Å². The van der Waals surface area contributed by atoms with Crippen LogP contribution in [-0.4, -0.2) is 69.1 Å². The van der Waals surface area contributed by atoms with Crippen LogP contribution < -0.4 is 5.32 Å². The highest BCUT2D eigenvalue weighted by Crippen LogP contribution is 2.66. The summed E-state index contributed by atoms with van der Waals surface area (Å²) in [7, 11) is 0. The molecule has 2 N–H and O–H groups in total. The average molecular weight is 441 g/mol. The van der Waals surface area contributed by atoms with Crippen LogP contribution in [0, 0.1) is 11.8 Å². The predicted octanol–water partition coefficient (Wildman–Crippen LogP) is 2.11. The van der Waals surface area contributed by atoms with Crippen LogP contribution in [0.4, 0.5) is 0 Å². The largest absolute Gasteiger partial charge is 0.466 e. The van der Waals surface area contributed by atoms with Gasteiger partial charge in [-0.15, -0.1) is 11.8 Å². The Balaban J connectivity index is 1.87. The van der Waals surface area contributed by atoms with Crippen molar-refractivity contribution in [1.29, 1.82) is 0 Å². The number of hydrogen-bond donors (Lipinski definition) is 2. The fourth-order valence-corrected chi connectivity index (χ4v) is 7.59. The lowest BCUT2D eigenvalue weighted by molar-refractivity contribution is -0.153. The van der Waals surface area contributed by atoms with Gasteiger partial charge in [0, 0.05) is 23.9 Å². The minimum absolute atomic E-state index is 0.0506. The number of nitrogens with one attached hydrogen (secondary N) is 1. The van der Waals surface area contributed by atoms with E-state index in [2.05, 4.69) is 5.32 Å². The van der Waals surface area contributed by atoms with Crippen molar-refractivity contribution in [2.24, 2.45) is 11.8 Å². The molecule has 2 amide bonds. The van der Waals surface area contributed by atoms with Gasteiger partial charge in [0.15, 0.2) is 0 Å². The molecule has 0 aliphatic carbocycles. The summed E-state index contributed by atoms with van der Waals surface area (Å²) >= 11 is 1.67. The Kier molecular flexibility index (Phi) is 7.07. The van der Waals surface area contributed by atoms with Gasteiger partial charge in [-0.2, -0.15) is 0 Å². The molecule has 2 bridgehead atoms. The smallest absolute Gasteiger partial charge is 0.310 e. The lowest BCUT2D eigenvalue weighted by Gasteiger charge is -2.36. The number of esters is 1. The minimum Gasteiger partial charge on any atom is -0.466 e. The van der Waals surface area contributed by atoms with Gasteiger partial charge in [0.2, 0.25) is 11.8 Å². The Morgan fingerprint density at radius 2 is 1.97 bits per heavy atom. The molecule has 0 radical (unpaired) electrons. The molecule has 3 heterocycles. The molecular weight excluding hydrogens is 404 g/mol. The van der Waals surface area contributed by atoms with Gasteiger partial charge in [-0.1, -0.05) is 12.8 Å². The number of rotatable bonds is 9. The molecule has 3 saturated heterocycles. The van der Waals surface area contributed by atoms with Gasteiger partial charge in [0.1, 0.15) is 6.04 Å². The fraction of sp³-hybridized carbons (Fsp3) is 0.864. The van der Waals surface area contributed by atoms with Crippen molar-refractivity contribution in [2.75, 3.05) is 19.8 Å². The van der Waals surface area contributed by atoms with E-state index >= 15 is 0 Å². The standard InChI is InChI=1S/C22H36N2O5S/c1-5-29-20(28)15-14-10-11-22(30-14)16(15)19(27)24(12-8-6-7-9-13-25)17(22)18(26)23-21(2,3)4/h14-17,25H,5-13H2,1-4H3,(H,23,26)/t14-,15+,16-,17?,22?/m0/s1. The van der Waals surface area contributed by atoms with Crippen LogP contribution in [0.1, 0.15) is 66.2 Å². The molecule has 3 rings (SSSR count). The van der Waals surface area contributed by atoms with Gasteiger partial charge in [-0.05, 0) is 53.4 Å². The number of hydrogen-bond acceptors (Lipinski definition) is 6. The first-order chi connectivity index (χ1) is 14.2. The Morgan fingerprint density at radius 1 is 1.27 bits per heavy atom. The monoisotopic (exact) mass is 440 g/mol. The van der Waals surface area contributed by atoms with E-state index < -0.39 is 28.2 Å². The number of carbonyl (C=O) groups is 3. The van der Waals surface area contributed by atoms with Crippen molar-refractivity contribution in [1.82, 2.24) is 10.2 Å². The highest BCUT2D eigenvalue weighted by atomic mass is 32.2. The Morgan fingerprint density at radius 3 is 2.60 bits per heavy atom. The molecule has 30 heavy (non-hydrogen) atoms. The summed E-state index contributed by atoms with van der Waals surface area (Å²) in [6, 6.07) is -0.554. The molecule has 8 heteroatoms. The third-order valence-corrected chi connectivity index (χ3v) is 8.36. The summed E-state index contributed by atoms with van der Waals surface area (Å²) in [5.74, 6) is -1.42. The number of aliphatic hydroxyl groups excluding tert-OH is 1. The number of nitrogens with zero attached hydrogens (tertiary/aromatic N) is 1. The average Bonchev–Trinajstić information content (AvgIpc) is 3.28. The first kappa shape index (κ1) is 23.4. The summed E-state index contributed by atoms with van der Waals surface area (Å²) in [6.45, 7) is 8.57.